The third-order valence-electron chi connectivity index (χ3n) is 5.23. The summed E-state index contributed by atoms with van der Waals surface area (Å²) in [6, 6.07) is 12.4. The lowest BCUT2D eigenvalue weighted by molar-refractivity contribution is -0.123. The van der Waals surface area contributed by atoms with E-state index in [1.165, 1.54) is 43.1 Å². The molecule has 36 heavy (non-hydrogen) atoms. The first-order valence-electron chi connectivity index (χ1n) is 11.1. The molecule has 0 spiro atoms. The Balaban J connectivity index is 1.38. The number of hydrazine groups is 1. The number of thiocarbonyl (C=S) groups is 1. The van der Waals surface area contributed by atoms with Gasteiger partial charge in [0.25, 0.3) is 11.8 Å². The van der Waals surface area contributed by atoms with Gasteiger partial charge >= 0.3 is 5.97 Å². The van der Waals surface area contributed by atoms with Crippen LogP contribution < -0.4 is 10.9 Å². The summed E-state index contributed by atoms with van der Waals surface area (Å²) >= 11 is 6.58. The number of unbranched alkanes of at least 4 members (excludes halogenated alkanes) is 2. The summed E-state index contributed by atoms with van der Waals surface area (Å²) in [5.41, 5.74) is 6.20. The molecule has 188 valence electrons. The maximum atomic E-state index is 12.8. The second-order valence-electron chi connectivity index (χ2n) is 7.81. The predicted molar refractivity (Wildman–Crippen MR) is 140 cm³/mol. The van der Waals surface area contributed by atoms with Crippen LogP contribution >= 0.6 is 24.0 Å². The molecule has 9 nitrogen and oxygen atoms in total. The number of thioether (sulfide) groups is 1. The number of hydrogen-bond donors (Lipinski definition) is 3. The summed E-state index contributed by atoms with van der Waals surface area (Å²) < 4.78 is 5.16. The number of nitrogens with zero attached hydrogens (tertiary/aromatic N) is 1. The lowest BCUT2D eigenvalue weighted by Gasteiger charge is -2.14. The van der Waals surface area contributed by atoms with Crippen molar-refractivity contribution in [2.24, 2.45) is 0 Å². The molecule has 0 aliphatic carbocycles. The monoisotopic (exact) mass is 527 g/mol. The average molecular weight is 528 g/mol. The SMILES string of the molecule is COC(=O)c1ccc(C=C2SC(=S)N(CCCCCC(=O)NNC(=O)c3ccc(O)cc3)C2=O)cc1. The van der Waals surface area contributed by atoms with Crippen LogP contribution in [0.15, 0.2) is 53.4 Å². The highest BCUT2D eigenvalue weighted by Crippen LogP contribution is 2.32. The molecule has 11 heteroatoms. The van der Waals surface area contributed by atoms with Crippen molar-refractivity contribution in [3.8, 4) is 5.75 Å². The number of hydrogen-bond acceptors (Lipinski definition) is 8. The highest BCUT2D eigenvalue weighted by molar-refractivity contribution is 8.26. The van der Waals surface area contributed by atoms with Crippen LogP contribution in [0.25, 0.3) is 6.08 Å². The van der Waals surface area contributed by atoms with Gasteiger partial charge in [0.1, 0.15) is 10.1 Å². The average Bonchev–Trinajstić information content (AvgIpc) is 3.14. The maximum Gasteiger partial charge on any atom is 0.337 e. The smallest absolute Gasteiger partial charge is 0.337 e. The summed E-state index contributed by atoms with van der Waals surface area (Å²) in [5.74, 6) is -1.36. The number of esters is 1. The van der Waals surface area contributed by atoms with Crippen molar-refractivity contribution in [1.29, 1.82) is 0 Å². The summed E-state index contributed by atoms with van der Waals surface area (Å²) in [4.78, 5) is 50.3. The number of nitrogens with one attached hydrogen (secondary N) is 2. The highest BCUT2D eigenvalue weighted by atomic mass is 32.2. The van der Waals surface area contributed by atoms with E-state index < -0.39 is 11.9 Å². The molecule has 2 aromatic carbocycles. The molecule has 3 rings (SSSR count). The van der Waals surface area contributed by atoms with Gasteiger partial charge in [-0.25, -0.2) is 4.79 Å². The first-order chi connectivity index (χ1) is 17.3. The topological polar surface area (TPSA) is 125 Å². The van der Waals surface area contributed by atoms with Crippen molar-refractivity contribution < 1.29 is 29.0 Å². The van der Waals surface area contributed by atoms with E-state index in [0.717, 1.165) is 5.56 Å². The third-order valence-corrected chi connectivity index (χ3v) is 6.61. The maximum absolute atomic E-state index is 12.8. The number of phenols is 1. The molecule has 3 N–H and O–H groups in total. The molecule has 1 heterocycles. The minimum atomic E-state index is -0.481. The number of aromatic hydroxyl groups is 1. The van der Waals surface area contributed by atoms with Crippen LogP contribution in [0.3, 0.4) is 0 Å². The first kappa shape index (κ1) is 26.9. The lowest BCUT2D eigenvalue weighted by Crippen LogP contribution is -2.41. The molecule has 1 aliphatic heterocycles. The largest absolute Gasteiger partial charge is 0.508 e. The van der Waals surface area contributed by atoms with Gasteiger partial charge < -0.3 is 9.84 Å². The van der Waals surface area contributed by atoms with Crippen LogP contribution in [-0.4, -0.2) is 51.7 Å². The van der Waals surface area contributed by atoms with Crippen molar-refractivity contribution in [3.63, 3.8) is 0 Å². The van der Waals surface area contributed by atoms with E-state index in [4.69, 9.17) is 12.2 Å². The summed E-state index contributed by atoms with van der Waals surface area (Å²) in [7, 11) is 1.32. The van der Waals surface area contributed by atoms with Gasteiger partial charge in [0.15, 0.2) is 0 Å². The number of phenolic OH excluding ortho intramolecular Hbond substituents is 1. The normalized spacial score (nSPS) is 14.1. The Hall–Kier alpha value is -3.70. The third kappa shape index (κ3) is 7.40. The number of ether oxygens (including phenoxy) is 1. The van der Waals surface area contributed by atoms with E-state index in [9.17, 15) is 24.3 Å². The number of rotatable bonds is 9. The fraction of sp³-hybridized carbons (Fsp3) is 0.240. The number of amides is 3. The molecule has 0 saturated carbocycles. The van der Waals surface area contributed by atoms with Crippen molar-refractivity contribution >= 4 is 58.1 Å². The Labute approximate surface area is 217 Å². The van der Waals surface area contributed by atoms with Gasteiger partial charge in [0, 0.05) is 18.5 Å². The molecule has 0 unspecified atom stereocenters. The standard InChI is InChI=1S/C25H25N3O6S2/c1-34-24(33)18-8-6-16(7-9-18)15-20-23(32)28(25(35)36-20)14-4-2-3-5-21(30)26-27-22(31)17-10-12-19(29)13-11-17/h6-13,15,29H,2-5,14H2,1H3,(H,26,30)(H,27,31). The number of methoxy groups -OCH3 is 1. The number of carbonyl (C=O) groups is 4. The van der Waals surface area contributed by atoms with Crippen molar-refractivity contribution in [2.75, 3.05) is 13.7 Å². The molecule has 0 atom stereocenters. The predicted octanol–water partition coefficient (Wildman–Crippen LogP) is 3.40. The zero-order valence-electron chi connectivity index (χ0n) is 19.5. The molecule has 1 aliphatic rings. The van der Waals surface area contributed by atoms with Gasteiger partial charge in [-0.15, -0.1) is 0 Å². The Morgan fingerprint density at radius 1 is 1.00 bits per heavy atom. The number of benzene rings is 2. The van der Waals surface area contributed by atoms with Crippen LogP contribution in [0.5, 0.6) is 5.75 Å². The molecule has 1 saturated heterocycles. The highest BCUT2D eigenvalue weighted by Gasteiger charge is 2.31. The molecule has 1 fully saturated rings. The van der Waals surface area contributed by atoms with Gasteiger partial charge in [-0.1, -0.05) is 42.5 Å². The van der Waals surface area contributed by atoms with E-state index in [1.807, 2.05) is 0 Å². The number of carbonyl (C=O) groups excluding carboxylic acids is 4. The zero-order chi connectivity index (χ0) is 26.1. The minimum Gasteiger partial charge on any atom is -0.508 e. The molecule has 0 bridgehead atoms. The van der Waals surface area contributed by atoms with Crippen LogP contribution in [0, 0.1) is 0 Å². The molecule has 0 radical (unpaired) electrons. The Kier molecular flexibility index (Phi) is 9.60. The van der Waals surface area contributed by atoms with Crippen molar-refractivity contribution in [3.05, 3.63) is 70.1 Å². The molecular weight excluding hydrogens is 502 g/mol. The van der Waals surface area contributed by atoms with Crippen LogP contribution in [0.1, 0.15) is 52.0 Å². The second kappa shape index (κ2) is 12.8. The molecular formula is C25H25N3O6S2. The Morgan fingerprint density at radius 3 is 2.33 bits per heavy atom. The van der Waals surface area contributed by atoms with Crippen LogP contribution in [0.2, 0.25) is 0 Å². The van der Waals surface area contributed by atoms with E-state index in [-0.39, 0.29) is 24.0 Å². The van der Waals surface area contributed by atoms with Gasteiger partial charge in [-0.05, 0) is 60.9 Å². The summed E-state index contributed by atoms with van der Waals surface area (Å²) in [6.45, 7) is 0.447. The van der Waals surface area contributed by atoms with Gasteiger partial charge in [-0.2, -0.15) is 0 Å². The summed E-state index contributed by atoms with van der Waals surface area (Å²) in [5, 5.41) is 9.25. The van der Waals surface area contributed by atoms with E-state index in [0.29, 0.717) is 46.2 Å². The minimum absolute atomic E-state index is 0.0459. The van der Waals surface area contributed by atoms with Crippen LogP contribution in [0.4, 0.5) is 0 Å². The van der Waals surface area contributed by atoms with Gasteiger partial charge in [0.05, 0.1) is 17.6 Å². The molecule has 2 aromatic rings. The molecule has 3 amide bonds. The fourth-order valence-corrected chi connectivity index (χ4v) is 4.59. The van der Waals surface area contributed by atoms with Crippen molar-refractivity contribution in [2.45, 2.75) is 25.7 Å². The lowest BCUT2D eigenvalue weighted by atomic mass is 10.1. The van der Waals surface area contributed by atoms with E-state index in [2.05, 4.69) is 15.6 Å². The molecule has 0 aromatic heterocycles. The van der Waals surface area contributed by atoms with Gasteiger partial charge in [0.2, 0.25) is 5.91 Å². The fourth-order valence-electron chi connectivity index (χ4n) is 3.28. The van der Waals surface area contributed by atoms with E-state index in [1.54, 1.807) is 35.2 Å². The van der Waals surface area contributed by atoms with Crippen LogP contribution in [-0.2, 0) is 14.3 Å². The van der Waals surface area contributed by atoms with Gasteiger partial charge in [-0.3, -0.25) is 30.1 Å². The Bertz CT molecular complexity index is 1180. The zero-order valence-corrected chi connectivity index (χ0v) is 21.1. The van der Waals surface area contributed by atoms with Crippen molar-refractivity contribution in [1.82, 2.24) is 15.8 Å². The second-order valence-corrected chi connectivity index (χ2v) is 9.48. The van der Waals surface area contributed by atoms with E-state index >= 15 is 0 Å². The quantitative estimate of drug-likeness (QED) is 0.149. The first-order valence-corrected chi connectivity index (χ1v) is 12.3. The Morgan fingerprint density at radius 2 is 1.67 bits per heavy atom. The summed E-state index contributed by atoms with van der Waals surface area (Å²) in [6.07, 6.45) is 3.90.